The highest BCUT2D eigenvalue weighted by Crippen LogP contribution is 2.51. The number of para-hydroxylation sites is 3. The maximum Gasteiger partial charge on any atom is 0.0547 e. The molecule has 1 heterocycles. The lowest BCUT2D eigenvalue weighted by Gasteiger charge is -2.28. The SMILES string of the molecule is CC1(C)c2ccccc2-c2ccc(N(c3ccccc3)c3ccc(-c4ccccc4-n4c5ccccc5c5c(-c6ccc7ccccc7c6)cccc54)cc3)cc21. The predicted octanol–water partition coefficient (Wildman–Crippen LogP) is 15.0. The van der Waals surface area contributed by atoms with E-state index in [1.165, 1.54) is 77.1 Å². The Morgan fingerprint density at radius 1 is 0.386 bits per heavy atom. The molecule has 0 unspecified atom stereocenters. The molecule has 0 N–H and O–H groups in total. The Bertz CT molecular complexity index is 3150. The van der Waals surface area contributed by atoms with Gasteiger partial charge in [0.15, 0.2) is 0 Å². The van der Waals surface area contributed by atoms with E-state index in [0.717, 1.165) is 22.7 Å². The van der Waals surface area contributed by atoms with Gasteiger partial charge < -0.3 is 9.47 Å². The zero-order chi connectivity index (χ0) is 38.1. The fraction of sp³-hybridized carbons (Fsp3) is 0.0545. The third kappa shape index (κ3) is 5.25. The molecule has 0 amide bonds. The molecule has 2 nitrogen and oxygen atoms in total. The van der Waals surface area contributed by atoms with Gasteiger partial charge in [0, 0.05) is 38.8 Å². The van der Waals surface area contributed by atoms with Crippen molar-refractivity contribution in [2.75, 3.05) is 4.90 Å². The van der Waals surface area contributed by atoms with Crippen LogP contribution in [0.5, 0.6) is 0 Å². The second kappa shape index (κ2) is 13.0. The lowest BCUT2D eigenvalue weighted by molar-refractivity contribution is 0.660. The topological polar surface area (TPSA) is 8.17 Å². The molecular weight excluding hydrogens is 689 g/mol. The van der Waals surface area contributed by atoms with Gasteiger partial charge in [-0.15, -0.1) is 0 Å². The van der Waals surface area contributed by atoms with E-state index < -0.39 is 0 Å². The van der Waals surface area contributed by atoms with Gasteiger partial charge in [-0.05, 0) is 110 Å². The molecule has 9 aromatic carbocycles. The van der Waals surface area contributed by atoms with Crippen LogP contribution in [0.2, 0.25) is 0 Å². The van der Waals surface area contributed by atoms with Crippen LogP contribution in [0.3, 0.4) is 0 Å². The van der Waals surface area contributed by atoms with Crippen molar-refractivity contribution in [3.8, 4) is 39.1 Å². The summed E-state index contributed by atoms with van der Waals surface area (Å²) in [6.45, 7) is 4.70. The number of benzene rings is 9. The highest BCUT2D eigenvalue weighted by atomic mass is 15.1. The van der Waals surface area contributed by atoms with E-state index in [2.05, 4.69) is 230 Å². The maximum absolute atomic E-state index is 2.46. The lowest BCUT2D eigenvalue weighted by atomic mass is 9.82. The first-order valence-electron chi connectivity index (χ1n) is 19.9. The highest BCUT2D eigenvalue weighted by Gasteiger charge is 2.35. The fourth-order valence-electron chi connectivity index (χ4n) is 9.43. The standard InChI is InChI=1S/C55H40N2/c1-55(2)49-23-11-8-20-46(49)47-34-33-43(36-50(47)55)56(41-17-4-3-5-18-41)42-31-29-38(30-32-42)44-19-9-12-24-51(44)57-52-25-13-10-21-48(52)54-45(22-14-26-53(54)57)40-28-27-37-15-6-7-16-39(37)35-40/h3-36H,1-2H3. The van der Waals surface area contributed by atoms with E-state index in [0.29, 0.717) is 0 Å². The van der Waals surface area contributed by atoms with Gasteiger partial charge in [-0.2, -0.15) is 0 Å². The minimum Gasteiger partial charge on any atom is -0.310 e. The van der Waals surface area contributed by atoms with Crippen LogP contribution >= 0.6 is 0 Å². The summed E-state index contributed by atoms with van der Waals surface area (Å²) in [5.74, 6) is 0. The van der Waals surface area contributed by atoms with Crippen molar-refractivity contribution in [1.29, 1.82) is 0 Å². The first-order chi connectivity index (χ1) is 28.0. The number of hydrogen-bond acceptors (Lipinski definition) is 1. The van der Waals surface area contributed by atoms with Crippen LogP contribution in [0.1, 0.15) is 25.0 Å². The van der Waals surface area contributed by atoms with E-state index in [-0.39, 0.29) is 5.41 Å². The molecule has 2 heteroatoms. The molecular formula is C55H40N2. The number of aromatic nitrogens is 1. The normalized spacial score (nSPS) is 12.9. The number of rotatable bonds is 6. The molecule has 1 aliphatic carbocycles. The van der Waals surface area contributed by atoms with Gasteiger partial charge in [0.1, 0.15) is 0 Å². The van der Waals surface area contributed by atoms with Gasteiger partial charge in [0.2, 0.25) is 0 Å². The van der Waals surface area contributed by atoms with E-state index in [9.17, 15) is 0 Å². The fourth-order valence-corrected chi connectivity index (χ4v) is 9.43. The molecule has 10 aromatic rings. The molecule has 1 aromatic heterocycles. The maximum atomic E-state index is 2.46. The summed E-state index contributed by atoms with van der Waals surface area (Å²) >= 11 is 0. The van der Waals surface area contributed by atoms with Crippen LogP contribution in [0.25, 0.3) is 71.6 Å². The summed E-state index contributed by atoms with van der Waals surface area (Å²) in [6.07, 6.45) is 0. The molecule has 0 radical (unpaired) electrons. The van der Waals surface area contributed by atoms with Crippen molar-refractivity contribution < 1.29 is 0 Å². The smallest absolute Gasteiger partial charge is 0.0547 e. The Balaban J connectivity index is 1.03. The lowest BCUT2D eigenvalue weighted by Crippen LogP contribution is -2.16. The van der Waals surface area contributed by atoms with Gasteiger partial charge in [-0.1, -0.05) is 159 Å². The number of anilines is 3. The summed E-state index contributed by atoms with van der Waals surface area (Å²) < 4.78 is 2.46. The Kier molecular flexibility index (Phi) is 7.55. The molecule has 1 aliphatic rings. The summed E-state index contributed by atoms with van der Waals surface area (Å²) in [5, 5.41) is 5.03. The Labute approximate surface area is 333 Å². The first-order valence-corrected chi connectivity index (χ1v) is 19.9. The van der Waals surface area contributed by atoms with Crippen molar-refractivity contribution in [3.05, 3.63) is 217 Å². The molecule has 270 valence electrons. The molecule has 0 bridgehead atoms. The second-order valence-electron chi connectivity index (χ2n) is 15.7. The summed E-state index contributed by atoms with van der Waals surface area (Å²) in [6, 6.07) is 75.6. The van der Waals surface area contributed by atoms with Crippen molar-refractivity contribution in [2.45, 2.75) is 19.3 Å². The van der Waals surface area contributed by atoms with E-state index in [1.54, 1.807) is 0 Å². The largest absolute Gasteiger partial charge is 0.310 e. The molecule has 0 spiro atoms. The van der Waals surface area contributed by atoms with Gasteiger partial charge in [-0.25, -0.2) is 0 Å². The highest BCUT2D eigenvalue weighted by molar-refractivity contribution is 6.16. The third-order valence-corrected chi connectivity index (χ3v) is 12.2. The number of nitrogens with zero attached hydrogens (tertiary/aromatic N) is 2. The molecule has 0 fully saturated rings. The number of fused-ring (bicyclic) bond motifs is 7. The van der Waals surface area contributed by atoms with Crippen molar-refractivity contribution >= 4 is 49.6 Å². The van der Waals surface area contributed by atoms with Gasteiger partial charge in [0.25, 0.3) is 0 Å². The van der Waals surface area contributed by atoms with E-state index in [1.807, 2.05) is 0 Å². The molecule has 11 rings (SSSR count). The van der Waals surface area contributed by atoms with Crippen LogP contribution in [-0.2, 0) is 5.41 Å². The molecule has 0 atom stereocenters. The van der Waals surface area contributed by atoms with Crippen molar-refractivity contribution in [2.24, 2.45) is 0 Å². The minimum absolute atomic E-state index is 0.0824. The summed E-state index contributed by atoms with van der Waals surface area (Å²) in [5.41, 5.74) is 17.1. The van der Waals surface area contributed by atoms with Gasteiger partial charge in [0.05, 0.1) is 16.7 Å². The van der Waals surface area contributed by atoms with Crippen LogP contribution in [-0.4, -0.2) is 4.57 Å². The van der Waals surface area contributed by atoms with Gasteiger partial charge in [-0.3, -0.25) is 0 Å². The molecule has 57 heavy (non-hydrogen) atoms. The second-order valence-corrected chi connectivity index (χ2v) is 15.7. The van der Waals surface area contributed by atoms with Gasteiger partial charge >= 0.3 is 0 Å². The quantitative estimate of drug-likeness (QED) is 0.165. The first kappa shape index (κ1) is 33.2. The van der Waals surface area contributed by atoms with Crippen LogP contribution < -0.4 is 4.90 Å². The van der Waals surface area contributed by atoms with E-state index >= 15 is 0 Å². The Morgan fingerprint density at radius 3 is 1.86 bits per heavy atom. The average Bonchev–Trinajstić information content (AvgIpc) is 3.72. The summed E-state index contributed by atoms with van der Waals surface area (Å²) in [7, 11) is 0. The molecule has 0 saturated carbocycles. The predicted molar refractivity (Wildman–Crippen MR) is 241 cm³/mol. The third-order valence-electron chi connectivity index (χ3n) is 12.2. The van der Waals surface area contributed by atoms with E-state index in [4.69, 9.17) is 0 Å². The Morgan fingerprint density at radius 2 is 1.00 bits per heavy atom. The van der Waals surface area contributed by atoms with Crippen LogP contribution in [0, 0.1) is 0 Å². The summed E-state index contributed by atoms with van der Waals surface area (Å²) in [4.78, 5) is 2.39. The Hall–Kier alpha value is -7.16. The zero-order valence-electron chi connectivity index (χ0n) is 32.0. The van der Waals surface area contributed by atoms with Crippen molar-refractivity contribution in [3.63, 3.8) is 0 Å². The van der Waals surface area contributed by atoms with Crippen LogP contribution in [0.4, 0.5) is 17.1 Å². The average molecular weight is 729 g/mol. The van der Waals surface area contributed by atoms with Crippen molar-refractivity contribution in [1.82, 2.24) is 4.57 Å². The minimum atomic E-state index is -0.0824. The molecule has 0 aliphatic heterocycles. The van der Waals surface area contributed by atoms with Crippen LogP contribution in [0.15, 0.2) is 206 Å². The monoisotopic (exact) mass is 728 g/mol. The zero-order valence-corrected chi connectivity index (χ0v) is 32.0. The molecule has 0 saturated heterocycles. The number of hydrogen-bond donors (Lipinski definition) is 0.